The molecule has 0 aromatic heterocycles. The van der Waals surface area contributed by atoms with Crippen molar-refractivity contribution in [3.63, 3.8) is 0 Å². The molecule has 0 spiro atoms. The summed E-state index contributed by atoms with van der Waals surface area (Å²) < 4.78 is 5.51. The number of hydrogen-bond donors (Lipinski definition) is 2. The molecule has 0 aromatic rings. The van der Waals surface area contributed by atoms with E-state index in [0.29, 0.717) is 18.0 Å². The third kappa shape index (κ3) is 5.43. The molecule has 0 saturated carbocycles. The van der Waals surface area contributed by atoms with Crippen LogP contribution in [0.15, 0.2) is 0 Å². The lowest BCUT2D eigenvalue weighted by molar-refractivity contribution is 0.0145. The molecule has 2 aliphatic heterocycles. The zero-order valence-electron chi connectivity index (χ0n) is 14.7. The maximum atomic E-state index is 12.2. The standard InChI is InChI=1S/C17H33N3O2/c1-13(19-15-8-5-9-18-11-15)14-7-6-10-20(12-14)16(21)22-17(2,3)4/h13-15,18-19H,5-12H2,1-4H3. The Morgan fingerprint density at radius 1 is 1.32 bits per heavy atom. The van der Waals surface area contributed by atoms with Gasteiger partial charge in [-0.05, 0) is 65.8 Å². The molecule has 3 atom stereocenters. The fraction of sp³-hybridized carbons (Fsp3) is 0.941. The molecule has 5 heteroatoms. The molecule has 2 fully saturated rings. The SMILES string of the molecule is CC(NC1CCCNC1)C1CCCN(C(=O)OC(C)(C)C)C1. The number of piperidine rings is 2. The zero-order valence-corrected chi connectivity index (χ0v) is 14.7. The Kier molecular flexibility index (Phi) is 6.09. The number of hydrogen-bond acceptors (Lipinski definition) is 4. The van der Waals surface area contributed by atoms with Crippen molar-refractivity contribution in [3.05, 3.63) is 0 Å². The molecule has 128 valence electrons. The van der Waals surface area contributed by atoms with Gasteiger partial charge in [-0.15, -0.1) is 0 Å². The van der Waals surface area contributed by atoms with Crippen molar-refractivity contribution < 1.29 is 9.53 Å². The molecule has 2 aliphatic rings. The number of nitrogens with zero attached hydrogens (tertiary/aromatic N) is 1. The predicted octanol–water partition coefficient (Wildman–Crippen LogP) is 2.36. The number of nitrogens with one attached hydrogen (secondary N) is 2. The first-order chi connectivity index (χ1) is 10.3. The molecule has 1 amide bonds. The van der Waals surface area contributed by atoms with E-state index in [1.54, 1.807) is 0 Å². The van der Waals surface area contributed by atoms with Crippen molar-refractivity contribution in [2.24, 2.45) is 5.92 Å². The summed E-state index contributed by atoms with van der Waals surface area (Å²) in [5, 5.41) is 7.20. The Balaban J connectivity index is 1.82. The Bertz CT molecular complexity index is 361. The minimum atomic E-state index is -0.415. The predicted molar refractivity (Wildman–Crippen MR) is 89.0 cm³/mol. The van der Waals surface area contributed by atoms with Gasteiger partial charge in [-0.25, -0.2) is 4.79 Å². The van der Waals surface area contributed by atoms with Gasteiger partial charge < -0.3 is 20.3 Å². The second-order valence-electron chi connectivity index (χ2n) is 7.83. The summed E-state index contributed by atoms with van der Waals surface area (Å²) in [5.74, 6) is 0.517. The fourth-order valence-electron chi connectivity index (χ4n) is 3.41. The van der Waals surface area contributed by atoms with E-state index in [0.717, 1.165) is 32.6 Å². The molecular weight excluding hydrogens is 278 g/mol. The zero-order chi connectivity index (χ0) is 16.2. The van der Waals surface area contributed by atoms with Crippen molar-refractivity contribution in [2.75, 3.05) is 26.2 Å². The van der Waals surface area contributed by atoms with E-state index in [9.17, 15) is 4.79 Å². The first kappa shape index (κ1) is 17.5. The highest BCUT2D eigenvalue weighted by atomic mass is 16.6. The van der Waals surface area contributed by atoms with Gasteiger partial charge in [0.25, 0.3) is 0 Å². The number of amides is 1. The van der Waals surface area contributed by atoms with Crippen molar-refractivity contribution in [2.45, 2.75) is 71.1 Å². The van der Waals surface area contributed by atoms with Gasteiger partial charge in [-0.1, -0.05) is 0 Å². The lowest BCUT2D eigenvalue weighted by Gasteiger charge is -2.38. The highest BCUT2D eigenvalue weighted by Gasteiger charge is 2.31. The quantitative estimate of drug-likeness (QED) is 0.840. The second kappa shape index (κ2) is 7.64. The molecule has 0 aliphatic carbocycles. The average molecular weight is 311 g/mol. The van der Waals surface area contributed by atoms with Crippen LogP contribution < -0.4 is 10.6 Å². The van der Waals surface area contributed by atoms with Gasteiger partial charge in [0.15, 0.2) is 0 Å². The van der Waals surface area contributed by atoms with Crippen LogP contribution in [0, 0.1) is 5.92 Å². The molecule has 0 bridgehead atoms. The summed E-state index contributed by atoms with van der Waals surface area (Å²) in [6.45, 7) is 11.9. The van der Waals surface area contributed by atoms with E-state index in [1.165, 1.54) is 19.3 Å². The summed E-state index contributed by atoms with van der Waals surface area (Å²) in [7, 11) is 0. The molecule has 2 heterocycles. The van der Waals surface area contributed by atoms with Gasteiger partial charge in [-0.3, -0.25) is 0 Å². The summed E-state index contributed by atoms with van der Waals surface area (Å²) in [4.78, 5) is 14.1. The molecule has 2 rings (SSSR count). The first-order valence-corrected chi connectivity index (χ1v) is 8.80. The van der Waals surface area contributed by atoms with Crippen molar-refractivity contribution in [1.29, 1.82) is 0 Å². The average Bonchev–Trinajstić information content (AvgIpc) is 2.46. The number of carbonyl (C=O) groups excluding carboxylic acids is 1. The molecule has 2 saturated heterocycles. The molecule has 22 heavy (non-hydrogen) atoms. The fourth-order valence-corrected chi connectivity index (χ4v) is 3.41. The lowest BCUT2D eigenvalue weighted by Crippen LogP contribution is -2.52. The minimum absolute atomic E-state index is 0.163. The Hall–Kier alpha value is -0.810. The Morgan fingerprint density at radius 3 is 2.73 bits per heavy atom. The van der Waals surface area contributed by atoms with E-state index in [1.807, 2.05) is 25.7 Å². The molecule has 2 N–H and O–H groups in total. The minimum Gasteiger partial charge on any atom is -0.444 e. The van der Waals surface area contributed by atoms with Crippen LogP contribution in [0.2, 0.25) is 0 Å². The largest absolute Gasteiger partial charge is 0.444 e. The topological polar surface area (TPSA) is 53.6 Å². The highest BCUT2D eigenvalue weighted by Crippen LogP contribution is 2.22. The summed E-state index contributed by atoms with van der Waals surface area (Å²) in [6, 6.07) is 1.01. The van der Waals surface area contributed by atoms with Crippen LogP contribution in [0.3, 0.4) is 0 Å². The molecule has 5 nitrogen and oxygen atoms in total. The van der Waals surface area contributed by atoms with Crippen LogP contribution in [0.25, 0.3) is 0 Å². The molecule has 0 aromatic carbocycles. The van der Waals surface area contributed by atoms with Crippen LogP contribution in [0.1, 0.15) is 53.4 Å². The van der Waals surface area contributed by atoms with Gasteiger partial charge >= 0.3 is 6.09 Å². The van der Waals surface area contributed by atoms with Crippen LogP contribution in [0.5, 0.6) is 0 Å². The van der Waals surface area contributed by atoms with E-state index in [-0.39, 0.29) is 6.09 Å². The maximum Gasteiger partial charge on any atom is 0.410 e. The number of likely N-dealkylation sites (tertiary alicyclic amines) is 1. The van der Waals surface area contributed by atoms with E-state index in [2.05, 4.69) is 17.6 Å². The van der Waals surface area contributed by atoms with Gasteiger partial charge in [-0.2, -0.15) is 0 Å². The van der Waals surface area contributed by atoms with Crippen molar-refractivity contribution in [3.8, 4) is 0 Å². The summed E-state index contributed by atoms with van der Waals surface area (Å²) in [6.07, 6.45) is 4.59. The third-order valence-corrected chi connectivity index (χ3v) is 4.61. The number of carbonyl (C=O) groups is 1. The number of ether oxygens (including phenoxy) is 1. The Morgan fingerprint density at radius 2 is 2.09 bits per heavy atom. The highest BCUT2D eigenvalue weighted by molar-refractivity contribution is 5.68. The van der Waals surface area contributed by atoms with Gasteiger partial charge in [0, 0.05) is 31.7 Å². The third-order valence-electron chi connectivity index (χ3n) is 4.61. The molecular formula is C17H33N3O2. The first-order valence-electron chi connectivity index (χ1n) is 8.80. The van der Waals surface area contributed by atoms with Crippen molar-refractivity contribution in [1.82, 2.24) is 15.5 Å². The maximum absolute atomic E-state index is 12.2. The van der Waals surface area contributed by atoms with Gasteiger partial charge in [0.2, 0.25) is 0 Å². The van der Waals surface area contributed by atoms with E-state index >= 15 is 0 Å². The van der Waals surface area contributed by atoms with E-state index < -0.39 is 5.60 Å². The van der Waals surface area contributed by atoms with E-state index in [4.69, 9.17) is 4.74 Å². The van der Waals surface area contributed by atoms with Crippen LogP contribution in [0.4, 0.5) is 4.79 Å². The van der Waals surface area contributed by atoms with Crippen LogP contribution in [-0.2, 0) is 4.74 Å². The lowest BCUT2D eigenvalue weighted by atomic mass is 9.90. The van der Waals surface area contributed by atoms with Gasteiger partial charge in [0.1, 0.15) is 5.60 Å². The summed E-state index contributed by atoms with van der Waals surface area (Å²) >= 11 is 0. The monoisotopic (exact) mass is 311 g/mol. The normalized spacial score (nSPS) is 28.3. The van der Waals surface area contributed by atoms with Gasteiger partial charge in [0.05, 0.1) is 0 Å². The van der Waals surface area contributed by atoms with Crippen LogP contribution >= 0.6 is 0 Å². The Labute approximate surface area is 135 Å². The molecule has 3 unspecified atom stereocenters. The molecule has 0 radical (unpaired) electrons. The smallest absolute Gasteiger partial charge is 0.410 e. The summed E-state index contributed by atoms with van der Waals surface area (Å²) in [5.41, 5.74) is -0.415. The second-order valence-corrected chi connectivity index (χ2v) is 7.83. The van der Waals surface area contributed by atoms with Crippen LogP contribution in [-0.4, -0.2) is 54.9 Å². The number of rotatable bonds is 3. The van der Waals surface area contributed by atoms with Crippen molar-refractivity contribution >= 4 is 6.09 Å².